The van der Waals surface area contributed by atoms with Crippen LogP contribution in [-0.2, 0) is 5.54 Å². The molecule has 7 heteroatoms. The van der Waals surface area contributed by atoms with Crippen LogP contribution in [0.5, 0.6) is 0 Å². The number of hydrogen-bond acceptors (Lipinski definition) is 3. The highest BCUT2D eigenvalue weighted by atomic mass is 35.5. The van der Waals surface area contributed by atoms with Crippen LogP contribution >= 0.6 is 23.2 Å². The summed E-state index contributed by atoms with van der Waals surface area (Å²) < 4.78 is 1.63. The van der Waals surface area contributed by atoms with Gasteiger partial charge in [0.05, 0.1) is 21.3 Å². The van der Waals surface area contributed by atoms with Gasteiger partial charge in [0.1, 0.15) is 12.7 Å². The van der Waals surface area contributed by atoms with E-state index in [1.165, 1.54) is 6.33 Å². The molecule has 128 valence electrons. The number of benzene rings is 2. The van der Waals surface area contributed by atoms with E-state index in [2.05, 4.69) is 15.4 Å². The maximum Gasteiger partial charge on any atom is 0.251 e. The quantitative estimate of drug-likeness (QED) is 0.742. The second-order valence-corrected chi connectivity index (χ2v) is 6.91. The van der Waals surface area contributed by atoms with Crippen LogP contribution in [0.15, 0.2) is 55.1 Å². The van der Waals surface area contributed by atoms with Crippen molar-refractivity contribution >= 4 is 29.1 Å². The van der Waals surface area contributed by atoms with Gasteiger partial charge in [0, 0.05) is 5.56 Å². The van der Waals surface area contributed by atoms with Crippen molar-refractivity contribution in [2.75, 3.05) is 0 Å². The van der Waals surface area contributed by atoms with Crippen LogP contribution in [0.4, 0.5) is 0 Å². The zero-order valence-electron chi connectivity index (χ0n) is 13.7. The lowest BCUT2D eigenvalue weighted by Crippen LogP contribution is -2.41. The van der Waals surface area contributed by atoms with Crippen LogP contribution in [0.1, 0.15) is 29.8 Å². The molecule has 0 fully saturated rings. The van der Waals surface area contributed by atoms with Crippen molar-refractivity contribution in [2.24, 2.45) is 0 Å². The van der Waals surface area contributed by atoms with Gasteiger partial charge in [0.25, 0.3) is 5.91 Å². The van der Waals surface area contributed by atoms with Gasteiger partial charge >= 0.3 is 0 Å². The molecule has 0 radical (unpaired) electrons. The molecule has 3 rings (SSSR count). The molecule has 0 aliphatic heterocycles. The Balaban J connectivity index is 1.77. The third kappa shape index (κ3) is 3.83. The van der Waals surface area contributed by atoms with Gasteiger partial charge in [-0.05, 0) is 55.8 Å². The minimum atomic E-state index is -0.601. The van der Waals surface area contributed by atoms with Crippen molar-refractivity contribution in [2.45, 2.75) is 19.4 Å². The first-order valence-corrected chi connectivity index (χ1v) is 8.35. The lowest BCUT2D eigenvalue weighted by molar-refractivity contribution is 0.0912. The van der Waals surface area contributed by atoms with E-state index in [1.54, 1.807) is 35.3 Å². The molecule has 0 spiro atoms. The van der Waals surface area contributed by atoms with Crippen molar-refractivity contribution in [1.82, 2.24) is 20.1 Å². The Hall–Kier alpha value is -2.37. The SMILES string of the molecule is CC(C)(NC(=O)c1ccc(-n2cncn2)cc1)c1ccc(Cl)c(Cl)c1. The molecule has 2 aromatic carbocycles. The van der Waals surface area contributed by atoms with E-state index >= 15 is 0 Å². The van der Waals surface area contributed by atoms with Gasteiger partial charge < -0.3 is 5.32 Å². The van der Waals surface area contributed by atoms with Gasteiger partial charge in [-0.25, -0.2) is 9.67 Å². The number of nitrogens with zero attached hydrogens (tertiary/aromatic N) is 3. The number of halogens is 2. The minimum Gasteiger partial charge on any atom is -0.343 e. The van der Waals surface area contributed by atoms with Gasteiger partial charge in [0.2, 0.25) is 0 Å². The third-order valence-corrected chi connectivity index (χ3v) is 4.62. The van der Waals surface area contributed by atoms with E-state index < -0.39 is 5.54 Å². The summed E-state index contributed by atoms with van der Waals surface area (Å²) in [6, 6.07) is 12.5. The molecule has 1 amide bonds. The van der Waals surface area contributed by atoms with E-state index in [-0.39, 0.29) is 5.91 Å². The summed E-state index contributed by atoms with van der Waals surface area (Å²) in [6.07, 6.45) is 3.06. The maximum atomic E-state index is 12.6. The molecular formula is C18H16Cl2N4O. The number of carbonyl (C=O) groups is 1. The van der Waals surface area contributed by atoms with Crippen molar-refractivity contribution in [1.29, 1.82) is 0 Å². The third-order valence-electron chi connectivity index (χ3n) is 3.88. The highest BCUT2D eigenvalue weighted by Gasteiger charge is 2.24. The van der Waals surface area contributed by atoms with Gasteiger partial charge in [-0.3, -0.25) is 4.79 Å². The van der Waals surface area contributed by atoms with Crippen LogP contribution < -0.4 is 5.32 Å². The zero-order valence-corrected chi connectivity index (χ0v) is 15.2. The second kappa shape index (κ2) is 6.86. The average Bonchev–Trinajstić information content (AvgIpc) is 3.11. The fourth-order valence-electron chi connectivity index (χ4n) is 2.42. The predicted octanol–water partition coefficient (Wildman–Crippen LogP) is 4.24. The summed E-state index contributed by atoms with van der Waals surface area (Å²) >= 11 is 12.0. The molecule has 0 atom stereocenters. The van der Waals surface area contributed by atoms with Gasteiger partial charge in [-0.1, -0.05) is 29.3 Å². The lowest BCUT2D eigenvalue weighted by atomic mass is 9.94. The van der Waals surface area contributed by atoms with Crippen LogP contribution in [0.25, 0.3) is 5.69 Å². The minimum absolute atomic E-state index is 0.179. The first-order valence-electron chi connectivity index (χ1n) is 7.60. The fourth-order valence-corrected chi connectivity index (χ4v) is 2.72. The average molecular weight is 375 g/mol. The summed E-state index contributed by atoms with van der Waals surface area (Å²) in [7, 11) is 0. The number of carbonyl (C=O) groups excluding carboxylic acids is 1. The Labute approximate surface area is 155 Å². The Morgan fingerprint density at radius 1 is 1.08 bits per heavy atom. The summed E-state index contributed by atoms with van der Waals surface area (Å²) in [5, 5.41) is 8.01. The molecule has 25 heavy (non-hydrogen) atoms. The number of rotatable bonds is 4. The van der Waals surface area contributed by atoms with Crippen molar-refractivity contribution in [3.8, 4) is 5.69 Å². The Morgan fingerprint density at radius 3 is 2.40 bits per heavy atom. The van der Waals surface area contributed by atoms with E-state index in [0.29, 0.717) is 15.6 Å². The predicted molar refractivity (Wildman–Crippen MR) is 98.3 cm³/mol. The first kappa shape index (κ1) is 17.5. The normalized spacial score (nSPS) is 11.4. The molecule has 0 saturated heterocycles. The maximum absolute atomic E-state index is 12.6. The molecule has 1 N–H and O–H groups in total. The van der Waals surface area contributed by atoms with Crippen molar-refractivity contribution < 1.29 is 4.79 Å². The van der Waals surface area contributed by atoms with E-state index in [1.807, 2.05) is 32.0 Å². The molecule has 0 bridgehead atoms. The van der Waals surface area contributed by atoms with E-state index in [0.717, 1.165) is 11.3 Å². The fraction of sp³-hybridized carbons (Fsp3) is 0.167. The van der Waals surface area contributed by atoms with Crippen molar-refractivity contribution in [3.05, 3.63) is 76.3 Å². The summed E-state index contributed by atoms with van der Waals surface area (Å²) in [6.45, 7) is 3.82. The monoisotopic (exact) mass is 374 g/mol. The van der Waals surface area contributed by atoms with Crippen LogP contribution in [-0.4, -0.2) is 20.7 Å². The Morgan fingerprint density at radius 2 is 1.80 bits per heavy atom. The van der Waals surface area contributed by atoms with Gasteiger partial charge in [-0.15, -0.1) is 0 Å². The standard InChI is InChI=1S/C18H16Cl2N4O/c1-18(2,13-5-8-15(19)16(20)9-13)23-17(25)12-3-6-14(7-4-12)24-11-21-10-22-24/h3-11H,1-2H3,(H,23,25). The molecule has 0 unspecified atom stereocenters. The summed E-state index contributed by atoms with van der Waals surface area (Å²) in [5.41, 5.74) is 1.65. The molecule has 1 heterocycles. The number of hydrogen-bond donors (Lipinski definition) is 1. The lowest BCUT2D eigenvalue weighted by Gasteiger charge is -2.27. The summed E-state index contributed by atoms with van der Waals surface area (Å²) in [4.78, 5) is 16.5. The van der Waals surface area contributed by atoms with E-state index in [9.17, 15) is 4.79 Å². The van der Waals surface area contributed by atoms with Crippen molar-refractivity contribution in [3.63, 3.8) is 0 Å². The topological polar surface area (TPSA) is 59.8 Å². The van der Waals surface area contributed by atoms with E-state index in [4.69, 9.17) is 23.2 Å². The van der Waals surface area contributed by atoms with Crippen LogP contribution in [0.2, 0.25) is 10.0 Å². The highest BCUT2D eigenvalue weighted by Crippen LogP contribution is 2.28. The number of nitrogens with one attached hydrogen (secondary N) is 1. The Kier molecular flexibility index (Phi) is 4.79. The molecule has 5 nitrogen and oxygen atoms in total. The summed E-state index contributed by atoms with van der Waals surface area (Å²) in [5.74, 6) is -0.179. The molecule has 0 saturated carbocycles. The van der Waals surface area contributed by atoms with Gasteiger partial charge in [0.15, 0.2) is 0 Å². The zero-order chi connectivity index (χ0) is 18.0. The second-order valence-electron chi connectivity index (χ2n) is 6.09. The van der Waals surface area contributed by atoms with Crippen LogP contribution in [0.3, 0.4) is 0 Å². The Bertz CT molecular complexity index is 890. The van der Waals surface area contributed by atoms with Crippen LogP contribution in [0, 0.1) is 0 Å². The molecule has 1 aromatic heterocycles. The van der Waals surface area contributed by atoms with Gasteiger partial charge in [-0.2, -0.15) is 5.10 Å². The smallest absolute Gasteiger partial charge is 0.251 e. The number of aromatic nitrogens is 3. The highest BCUT2D eigenvalue weighted by molar-refractivity contribution is 6.42. The molecule has 3 aromatic rings. The molecule has 0 aliphatic rings. The molecule has 0 aliphatic carbocycles. The molecular weight excluding hydrogens is 359 g/mol. The largest absolute Gasteiger partial charge is 0.343 e. The first-order chi connectivity index (χ1) is 11.9. The number of amides is 1.